The Bertz CT molecular complexity index is 2570. The maximum atomic E-state index is 4.13. The van der Waals surface area contributed by atoms with Crippen LogP contribution in [0.1, 0.15) is 236 Å². The summed E-state index contributed by atoms with van der Waals surface area (Å²) in [5, 5.41) is 55.6. The molecule has 0 aliphatic rings. The van der Waals surface area contributed by atoms with Gasteiger partial charge in [0.05, 0.1) is 69.3 Å². The number of rotatable bonds is 7. The van der Waals surface area contributed by atoms with Crippen LogP contribution in [0, 0.1) is 62.3 Å². The summed E-state index contributed by atoms with van der Waals surface area (Å²) in [4.78, 5) is 0. The number of hydrogen-bond donors (Lipinski definition) is 0. The van der Waals surface area contributed by atoms with Crippen molar-refractivity contribution in [2.24, 2.45) is 0 Å². The van der Waals surface area contributed by atoms with Gasteiger partial charge >= 0.3 is 0 Å². The second-order valence-electron chi connectivity index (χ2n) is 20.2. The van der Waals surface area contributed by atoms with Crippen LogP contribution in [0.3, 0.4) is 0 Å². The molecule has 14 heteroatoms. The number of nitrogens with zero attached hydrogens (tertiary/aromatic N) is 14. The molecule has 7 aromatic rings. The minimum atomic E-state index is 0. The minimum absolute atomic E-state index is 0. The fourth-order valence-electron chi connectivity index (χ4n) is 6.23. The monoisotopic (exact) mass is 997 g/mol. The second-order valence-corrected chi connectivity index (χ2v) is 20.2. The van der Waals surface area contributed by atoms with Gasteiger partial charge in [-0.3, -0.25) is 0 Å². The van der Waals surface area contributed by atoms with E-state index in [2.05, 4.69) is 221 Å². The molecule has 398 valence electrons. The summed E-state index contributed by atoms with van der Waals surface area (Å²) in [6.07, 6.45) is 6.99. The Labute approximate surface area is 441 Å². The van der Waals surface area contributed by atoms with Crippen LogP contribution in [0.4, 0.5) is 0 Å². The van der Waals surface area contributed by atoms with E-state index in [1.54, 1.807) is 24.8 Å². The predicted octanol–water partition coefficient (Wildman–Crippen LogP) is 14.6. The zero-order chi connectivity index (χ0) is 54.7. The van der Waals surface area contributed by atoms with Gasteiger partial charge in [0.2, 0.25) is 0 Å². The van der Waals surface area contributed by atoms with Crippen LogP contribution in [0.15, 0.2) is 73.3 Å². The van der Waals surface area contributed by atoms with E-state index in [9.17, 15) is 0 Å². The summed E-state index contributed by atoms with van der Waals surface area (Å²) < 4.78 is 0. The lowest BCUT2D eigenvalue weighted by atomic mass is 10.0. The summed E-state index contributed by atoms with van der Waals surface area (Å²) in [5.74, 6) is 3.35. The van der Waals surface area contributed by atoms with E-state index in [1.807, 2.05) is 58.0 Å². The minimum Gasteiger partial charge on any atom is -0.159 e. The lowest BCUT2D eigenvalue weighted by Crippen LogP contribution is -2.00. The third kappa shape index (κ3) is 26.2. The van der Waals surface area contributed by atoms with Crippen molar-refractivity contribution in [2.45, 2.75) is 208 Å². The summed E-state index contributed by atoms with van der Waals surface area (Å²) in [5.41, 5.74) is 17.9. The zero-order valence-corrected chi connectivity index (χ0v) is 48.2. The van der Waals surface area contributed by atoms with Gasteiger partial charge in [0.15, 0.2) is 0 Å². The van der Waals surface area contributed by atoms with E-state index in [0.29, 0.717) is 41.4 Å². The van der Waals surface area contributed by atoms with Gasteiger partial charge in [-0.15, -0.1) is 0 Å². The molecule has 0 spiro atoms. The number of aromatic nitrogens is 14. The molecule has 0 aliphatic heterocycles. The average molecular weight is 997 g/mol. The van der Waals surface area contributed by atoms with Crippen LogP contribution in [0.25, 0.3) is 0 Å². The highest BCUT2D eigenvalue weighted by Crippen LogP contribution is 2.18. The van der Waals surface area contributed by atoms with Crippen LogP contribution in [0.2, 0.25) is 0 Å². The third-order valence-corrected chi connectivity index (χ3v) is 11.0. The van der Waals surface area contributed by atoms with Crippen molar-refractivity contribution in [1.82, 2.24) is 71.4 Å². The predicted molar refractivity (Wildman–Crippen MR) is 302 cm³/mol. The first-order valence-electron chi connectivity index (χ1n) is 25.3. The lowest BCUT2D eigenvalue weighted by molar-refractivity contribution is 0.765. The molecule has 0 radical (unpaired) electrons. The van der Waals surface area contributed by atoms with Gasteiger partial charge in [0.25, 0.3) is 0 Å². The van der Waals surface area contributed by atoms with Crippen LogP contribution in [-0.2, 0) is 0 Å². The quantitative estimate of drug-likeness (QED) is 0.147. The van der Waals surface area contributed by atoms with Gasteiger partial charge in [-0.25, -0.2) is 0 Å². The summed E-state index contributed by atoms with van der Waals surface area (Å²) in [6, 6.07) is 16.1. The third-order valence-electron chi connectivity index (χ3n) is 11.0. The van der Waals surface area contributed by atoms with Crippen molar-refractivity contribution in [2.75, 3.05) is 0 Å². The molecule has 0 bridgehead atoms. The zero-order valence-electron chi connectivity index (χ0n) is 48.2. The summed E-state index contributed by atoms with van der Waals surface area (Å²) >= 11 is 0. The van der Waals surface area contributed by atoms with Crippen molar-refractivity contribution in [3.63, 3.8) is 0 Å². The van der Waals surface area contributed by atoms with E-state index < -0.39 is 0 Å². The first-order valence-corrected chi connectivity index (χ1v) is 25.3. The molecule has 0 amide bonds. The first-order chi connectivity index (χ1) is 33.8. The van der Waals surface area contributed by atoms with E-state index in [4.69, 9.17) is 0 Å². The Balaban J connectivity index is 0.000000827. The maximum absolute atomic E-state index is 4.13. The van der Waals surface area contributed by atoms with Gasteiger partial charge < -0.3 is 0 Å². The molecular weight excluding hydrogens is 905 g/mol. The Morgan fingerprint density at radius 3 is 1.21 bits per heavy atom. The fourth-order valence-corrected chi connectivity index (χ4v) is 6.23. The molecule has 7 aromatic heterocycles. The van der Waals surface area contributed by atoms with Crippen LogP contribution >= 0.6 is 0 Å². The van der Waals surface area contributed by atoms with Crippen molar-refractivity contribution in [3.8, 4) is 0 Å². The Morgan fingerprint density at radius 1 is 0.315 bits per heavy atom. The molecule has 0 aromatic carbocycles. The molecule has 0 atom stereocenters. The Morgan fingerprint density at radius 2 is 0.795 bits per heavy atom. The van der Waals surface area contributed by atoms with Gasteiger partial charge in [0.1, 0.15) is 0 Å². The standard InChI is InChI=1S/3C9H14N2.3C8H12N2.C7H10N2.CH4/c1-6(2)9-8(4)7(3)5-10-11-9;1-6(2)9-5-7(3)8(4)10-11-9;1-6(2)9-7(3)5-8(4)10-11-9;1-6(2)8-4-7(3)5-9-10-8;1-6(2)8-7(3)4-5-9-10-8;1-6(2)8-5-4-7(3)9-10-8;1-6(2)7-4-3-5-8-9-7;/h3*5-6H,1-4H3;3*4-6H,1-3H3;3-6H,1-2H3;1H4. The molecule has 0 fully saturated rings. The first kappa shape index (κ1) is 66.6. The number of hydrogen-bond acceptors (Lipinski definition) is 14. The molecule has 0 saturated carbocycles. The smallest absolute Gasteiger partial charge is 0.0688 e. The lowest BCUT2D eigenvalue weighted by Gasteiger charge is -2.08. The summed E-state index contributed by atoms with van der Waals surface area (Å²) in [6.45, 7) is 48.0. The molecular formula is C59H92N14. The van der Waals surface area contributed by atoms with Crippen molar-refractivity contribution in [3.05, 3.63) is 164 Å². The largest absolute Gasteiger partial charge is 0.159 e. The van der Waals surface area contributed by atoms with Gasteiger partial charge in [0, 0.05) is 12.4 Å². The fraction of sp³-hybridized carbons (Fsp3) is 0.525. The average Bonchev–Trinajstić information content (AvgIpc) is 3.32. The molecule has 7 heterocycles. The normalized spacial score (nSPS) is 10.3. The molecule has 73 heavy (non-hydrogen) atoms. The Kier molecular flexibility index (Phi) is 31.8. The van der Waals surface area contributed by atoms with Gasteiger partial charge in [-0.05, 0) is 186 Å². The van der Waals surface area contributed by atoms with Crippen molar-refractivity contribution >= 4 is 0 Å². The molecule has 14 nitrogen and oxygen atoms in total. The highest BCUT2D eigenvalue weighted by Gasteiger charge is 2.08. The SMILES string of the molecule is C.CC(C)c1cccnn1.Cc1cc(C(C)C)nnc1C.Cc1cc(C)c(C(C)C)nn1.Cc1ccc(C(C)C)nn1.Cc1ccnnc1C(C)C.Cc1cnnc(C(C)C)c1.Cc1cnnc(C(C)C)c1C. The molecule has 0 aliphatic carbocycles. The second kappa shape index (κ2) is 34.8. The highest BCUT2D eigenvalue weighted by atomic mass is 15.1. The topological polar surface area (TPSA) is 180 Å². The van der Waals surface area contributed by atoms with E-state index in [1.165, 1.54) is 33.4 Å². The van der Waals surface area contributed by atoms with E-state index in [-0.39, 0.29) is 7.43 Å². The Hall–Kier alpha value is -6.44. The van der Waals surface area contributed by atoms with E-state index in [0.717, 1.165) is 56.9 Å². The molecule has 0 saturated heterocycles. The van der Waals surface area contributed by atoms with Crippen LogP contribution < -0.4 is 0 Å². The van der Waals surface area contributed by atoms with Gasteiger partial charge in [-0.2, -0.15) is 71.4 Å². The van der Waals surface area contributed by atoms with Crippen molar-refractivity contribution < 1.29 is 0 Å². The summed E-state index contributed by atoms with van der Waals surface area (Å²) in [7, 11) is 0. The van der Waals surface area contributed by atoms with E-state index >= 15 is 0 Å². The van der Waals surface area contributed by atoms with Crippen LogP contribution in [-0.4, -0.2) is 71.4 Å². The number of aryl methyl sites for hydroxylation is 8. The molecule has 0 unspecified atom stereocenters. The maximum Gasteiger partial charge on any atom is 0.0688 e. The highest BCUT2D eigenvalue weighted by molar-refractivity contribution is 5.27. The van der Waals surface area contributed by atoms with Crippen molar-refractivity contribution in [1.29, 1.82) is 0 Å². The molecule has 0 N–H and O–H groups in total. The van der Waals surface area contributed by atoms with Gasteiger partial charge in [-0.1, -0.05) is 104 Å². The van der Waals surface area contributed by atoms with Crippen LogP contribution in [0.5, 0.6) is 0 Å². The molecule has 7 rings (SSSR count).